The minimum atomic E-state index is -0.511. The van der Waals surface area contributed by atoms with Crippen molar-refractivity contribution in [2.45, 2.75) is 80.2 Å². The molecule has 1 amide bonds. The van der Waals surface area contributed by atoms with Gasteiger partial charge in [0.1, 0.15) is 6.61 Å². The van der Waals surface area contributed by atoms with Gasteiger partial charge in [-0.1, -0.05) is 31.1 Å². The Bertz CT molecular complexity index is 1020. The smallest absolute Gasteiger partial charge is 0.253 e. The summed E-state index contributed by atoms with van der Waals surface area (Å²) in [6, 6.07) is -0.327. The number of nitrogens with zero attached hydrogens (tertiary/aromatic N) is 5. The van der Waals surface area contributed by atoms with Gasteiger partial charge in [-0.3, -0.25) is 9.80 Å². The van der Waals surface area contributed by atoms with Crippen molar-refractivity contribution >= 4 is 24.0 Å². The van der Waals surface area contributed by atoms with Crippen LogP contribution in [0.25, 0.3) is 0 Å². The van der Waals surface area contributed by atoms with Crippen molar-refractivity contribution in [2.24, 2.45) is 15.1 Å². The van der Waals surface area contributed by atoms with Gasteiger partial charge in [-0.2, -0.15) is 5.10 Å². The molecule has 7 nitrogen and oxygen atoms in total. The molecule has 204 valence electrons. The summed E-state index contributed by atoms with van der Waals surface area (Å²) in [6.07, 6.45) is 11.0. The van der Waals surface area contributed by atoms with Crippen LogP contribution in [0.1, 0.15) is 74.1 Å². The largest absolute Gasteiger partial charge is 0.473 e. The van der Waals surface area contributed by atoms with Crippen molar-refractivity contribution in [1.29, 1.82) is 0 Å². The number of rotatable bonds is 14. The number of halogens is 1. The number of aliphatic imine (C=N–C) groups is 2. The van der Waals surface area contributed by atoms with Gasteiger partial charge in [0.05, 0.1) is 11.6 Å². The summed E-state index contributed by atoms with van der Waals surface area (Å²) in [6.45, 7) is 17.9. The van der Waals surface area contributed by atoms with Crippen LogP contribution in [-0.4, -0.2) is 60.2 Å². The second kappa shape index (κ2) is 16.5. The predicted octanol–water partition coefficient (Wildman–Crippen LogP) is 6.73. The average molecular weight is 514 g/mol. The van der Waals surface area contributed by atoms with Crippen LogP contribution in [-0.2, 0) is 9.53 Å². The molecule has 0 aromatic rings. The zero-order valence-corrected chi connectivity index (χ0v) is 23.8. The molecule has 1 aliphatic heterocycles. The Labute approximate surface area is 222 Å². The summed E-state index contributed by atoms with van der Waals surface area (Å²) in [5.41, 5.74) is 3.41. The molecule has 1 heterocycles. The van der Waals surface area contributed by atoms with Crippen LogP contribution in [0.5, 0.6) is 0 Å². The van der Waals surface area contributed by atoms with Crippen molar-refractivity contribution in [1.82, 2.24) is 9.91 Å². The van der Waals surface area contributed by atoms with Gasteiger partial charge in [0, 0.05) is 44.6 Å². The lowest BCUT2D eigenvalue weighted by molar-refractivity contribution is -0.130. The summed E-state index contributed by atoms with van der Waals surface area (Å²) >= 11 is 0. The molecule has 37 heavy (non-hydrogen) atoms. The molecule has 0 N–H and O–H groups in total. The minimum absolute atomic E-state index is 0.0618. The maximum atomic E-state index is 14.4. The average Bonchev–Trinajstić information content (AvgIpc) is 3.02. The van der Waals surface area contributed by atoms with E-state index in [1.54, 1.807) is 35.5 Å². The molecule has 0 saturated heterocycles. The van der Waals surface area contributed by atoms with E-state index >= 15 is 0 Å². The molecule has 1 rings (SSSR count). The molecule has 0 radical (unpaired) electrons. The summed E-state index contributed by atoms with van der Waals surface area (Å²) in [5.74, 6) is -0.250. The Morgan fingerprint density at radius 2 is 2.00 bits per heavy atom. The van der Waals surface area contributed by atoms with Crippen LogP contribution in [0.3, 0.4) is 0 Å². The molecule has 0 spiro atoms. The molecule has 0 aromatic carbocycles. The number of ether oxygens (including phenoxy) is 1. The second-order valence-electron chi connectivity index (χ2n) is 9.06. The minimum Gasteiger partial charge on any atom is -0.473 e. The van der Waals surface area contributed by atoms with Gasteiger partial charge in [0.2, 0.25) is 5.88 Å². The van der Waals surface area contributed by atoms with Crippen LogP contribution in [0, 0.1) is 0 Å². The quantitative estimate of drug-likeness (QED) is 0.112. The maximum absolute atomic E-state index is 14.4. The number of hydrogen-bond acceptors (Lipinski definition) is 6. The van der Waals surface area contributed by atoms with Gasteiger partial charge in [-0.15, -0.1) is 6.58 Å². The van der Waals surface area contributed by atoms with Crippen molar-refractivity contribution in [3.8, 4) is 0 Å². The number of likely N-dealkylation sites (N-methyl/N-ethyl adjacent to an activating group) is 1. The highest BCUT2D eigenvalue weighted by atomic mass is 19.1. The molecular formula is C29H44FN5O2. The summed E-state index contributed by atoms with van der Waals surface area (Å²) < 4.78 is 20.1. The molecule has 8 heteroatoms. The summed E-state index contributed by atoms with van der Waals surface area (Å²) in [4.78, 5) is 24.3. The normalized spacial score (nSPS) is 16.3. The molecular weight excluding hydrogens is 469 g/mol. The van der Waals surface area contributed by atoms with Crippen LogP contribution < -0.4 is 0 Å². The topological polar surface area (TPSA) is 69.9 Å². The van der Waals surface area contributed by atoms with E-state index in [2.05, 4.69) is 23.6 Å². The fraction of sp³-hybridized carbons (Fsp3) is 0.517. The molecule has 0 aromatic heterocycles. The van der Waals surface area contributed by atoms with Crippen molar-refractivity contribution in [3.63, 3.8) is 0 Å². The van der Waals surface area contributed by atoms with Crippen molar-refractivity contribution in [3.05, 3.63) is 59.1 Å². The first-order chi connectivity index (χ1) is 17.6. The summed E-state index contributed by atoms with van der Waals surface area (Å²) in [5, 5.41) is 6.14. The van der Waals surface area contributed by atoms with Crippen molar-refractivity contribution in [2.75, 3.05) is 20.2 Å². The Hall–Kier alpha value is -3.29. The molecule has 0 unspecified atom stereocenters. The van der Waals surface area contributed by atoms with E-state index in [1.165, 1.54) is 11.6 Å². The number of carbonyl (C=O) groups is 1. The fourth-order valence-corrected chi connectivity index (χ4v) is 3.50. The van der Waals surface area contributed by atoms with Gasteiger partial charge >= 0.3 is 0 Å². The van der Waals surface area contributed by atoms with Crippen LogP contribution in [0.2, 0.25) is 0 Å². The van der Waals surface area contributed by atoms with Gasteiger partial charge in [-0.05, 0) is 59.6 Å². The standard InChI is InChI=1S/C29H44FN5O2/c1-10-14-23(7)33-27(34(9)32-18-16-21(5)11-2)25(12-3)29(36)35(13-4)24(8)20-37-28-26(30)19-22(6)15-17-31-28/h10,16-19,24H,1,11-15,20H2,2-9H3/b21-16+,27-25-,32-18-,33-23-/t24-/m0/s1. The van der Waals surface area contributed by atoms with Gasteiger partial charge in [-0.25, -0.2) is 14.4 Å². The molecule has 0 fully saturated rings. The van der Waals surface area contributed by atoms with E-state index in [0.29, 0.717) is 37.2 Å². The fourth-order valence-electron chi connectivity index (χ4n) is 3.50. The van der Waals surface area contributed by atoms with E-state index in [1.807, 2.05) is 47.6 Å². The maximum Gasteiger partial charge on any atom is 0.253 e. The Morgan fingerprint density at radius 3 is 2.59 bits per heavy atom. The number of allylic oxidation sites excluding steroid dienone is 6. The van der Waals surface area contributed by atoms with Crippen molar-refractivity contribution < 1.29 is 13.9 Å². The van der Waals surface area contributed by atoms with Crippen LogP contribution in [0.15, 0.2) is 74.1 Å². The lowest BCUT2D eigenvalue weighted by Gasteiger charge is -2.30. The Morgan fingerprint density at radius 1 is 1.30 bits per heavy atom. The zero-order valence-electron chi connectivity index (χ0n) is 23.8. The zero-order chi connectivity index (χ0) is 28.0. The lowest BCUT2D eigenvalue weighted by Crippen LogP contribution is -2.42. The first-order valence-corrected chi connectivity index (χ1v) is 12.9. The summed E-state index contributed by atoms with van der Waals surface area (Å²) in [7, 11) is 1.78. The highest BCUT2D eigenvalue weighted by molar-refractivity contribution is 5.95. The SMILES string of the molecule is C=CC/C(C)=N\C(=C(/CC)C(=O)N(CC)[C@@H](C)COC1=C(F)C=C(C)CC=N1)N(C)/N=C\C=C(/C)CC. The highest BCUT2D eigenvalue weighted by Crippen LogP contribution is 2.21. The van der Waals surface area contributed by atoms with Crippen LogP contribution >= 0.6 is 0 Å². The first kappa shape index (κ1) is 31.7. The number of amides is 1. The first-order valence-electron chi connectivity index (χ1n) is 12.9. The molecule has 0 bridgehead atoms. The monoisotopic (exact) mass is 513 g/mol. The highest BCUT2D eigenvalue weighted by Gasteiger charge is 2.26. The third-order valence-electron chi connectivity index (χ3n) is 5.88. The van der Waals surface area contributed by atoms with Gasteiger partial charge in [0.25, 0.3) is 5.91 Å². The van der Waals surface area contributed by atoms with E-state index in [4.69, 9.17) is 9.73 Å². The number of carbonyl (C=O) groups excluding carboxylic acids is 1. The molecule has 1 aliphatic rings. The third kappa shape index (κ3) is 10.3. The Kier molecular flexibility index (Phi) is 14.1. The molecule has 1 atom stereocenters. The van der Waals surface area contributed by atoms with E-state index in [0.717, 1.165) is 17.7 Å². The van der Waals surface area contributed by atoms with Gasteiger partial charge < -0.3 is 9.64 Å². The predicted molar refractivity (Wildman–Crippen MR) is 153 cm³/mol. The third-order valence-corrected chi connectivity index (χ3v) is 5.88. The van der Waals surface area contributed by atoms with Gasteiger partial charge in [0.15, 0.2) is 11.6 Å². The number of hydrazone groups is 1. The lowest BCUT2D eigenvalue weighted by atomic mass is 10.1. The second-order valence-corrected chi connectivity index (χ2v) is 9.06. The Balaban J connectivity index is 3.32. The van der Waals surface area contributed by atoms with E-state index in [9.17, 15) is 9.18 Å². The molecule has 0 aliphatic carbocycles. The molecule has 0 saturated carbocycles. The van der Waals surface area contributed by atoms with Crippen LogP contribution in [0.4, 0.5) is 4.39 Å². The van der Waals surface area contributed by atoms with E-state index < -0.39 is 5.83 Å². The van der Waals surface area contributed by atoms with E-state index in [-0.39, 0.29) is 24.4 Å². The number of hydrogen-bond donors (Lipinski definition) is 0.